The highest BCUT2D eigenvalue weighted by molar-refractivity contribution is 5.77. The van der Waals surface area contributed by atoms with Gasteiger partial charge in [0.15, 0.2) is 6.04 Å². The van der Waals surface area contributed by atoms with Gasteiger partial charge < -0.3 is 19.7 Å². The normalized spacial score (nSPS) is 28.1. The average Bonchev–Trinajstić information content (AvgIpc) is 3.22. The summed E-state index contributed by atoms with van der Waals surface area (Å²) in [4.78, 5) is 18.1. The van der Waals surface area contributed by atoms with Crippen LogP contribution in [0.2, 0.25) is 0 Å². The summed E-state index contributed by atoms with van der Waals surface area (Å²) in [6.45, 7) is 2.23. The van der Waals surface area contributed by atoms with Crippen LogP contribution < -0.4 is 5.32 Å². The molecule has 3 aliphatic rings. The first-order valence-corrected chi connectivity index (χ1v) is 10.6. The molecule has 0 aromatic carbocycles. The smallest absolute Gasteiger partial charge is 0.376 e. The number of halogens is 3. The maximum Gasteiger partial charge on any atom is 0.411 e. The number of nitrogens with zero attached hydrogens (tertiary/aromatic N) is 4. The monoisotopic (exact) mass is 431 g/mol. The second-order valence-corrected chi connectivity index (χ2v) is 8.29. The Morgan fingerprint density at radius 1 is 1.27 bits per heavy atom. The summed E-state index contributed by atoms with van der Waals surface area (Å²) >= 11 is 0. The molecular formula is C19H28F3N5O3. The molecule has 1 aromatic heterocycles. The molecule has 0 spiro atoms. The molecule has 0 radical (unpaired) electrons. The van der Waals surface area contributed by atoms with Gasteiger partial charge in [0.2, 0.25) is 11.9 Å². The predicted molar refractivity (Wildman–Crippen MR) is 101 cm³/mol. The van der Waals surface area contributed by atoms with Crippen molar-refractivity contribution in [2.24, 2.45) is 5.92 Å². The van der Waals surface area contributed by atoms with E-state index in [1.807, 2.05) is 0 Å². The number of likely N-dealkylation sites (tertiary alicyclic amines) is 1. The second kappa shape index (κ2) is 9.09. The summed E-state index contributed by atoms with van der Waals surface area (Å²) in [5.74, 6) is 0.125. The molecule has 0 aliphatic carbocycles. The first-order valence-electron chi connectivity index (χ1n) is 10.6. The van der Waals surface area contributed by atoms with Crippen LogP contribution in [-0.2, 0) is 14.3 Å². The molecule has 0 unspecified atom stereocenters. The maximum absolute atomic E-state index is 13.5. The van der Waals surface area contributed by atoms with Gasteiger partial charge in [-0.3, -0.25) is 4.79 Å². The summed E-state index contributed by atoms with van der Waals surface area (Å²) in [6, 6.07) is -2.01. The zero-order valence-electron chi connectivity index (χ0n) is 16.8. The van der Waals surface area contributed by atoms with E-state index in [-0.39, 0.29) is 42.9 Å². The molecule has 0 bridgehead atoms. The van der Waals surface area contributed by atoms with E-state index < -0.39 is 12.2 Å². The fourth-order valence-electron chi connectivity index (χ4n) is 4.59. The minimum Gasteiger partial charge on any atom is -0.376 e. The van der Waals surface area contributed by atoms with Crippen LogP contribution in [0.1, 0.15) is 44.6 Å². The number of alkyl halides is 3. The summed E-state index contributed by atoms with van der Waals surface area (Å²) in [6.07, 6.45) is 1.20. The van der Waals surface area contributed by atoms with Crippen molar-refractivity contribution in [1.29, 1.82) is 0 Å². The minimum absolute atomic E-state index is 0.0193. The van der Waals surface area contributed by atoms with Crippen molar-refractivity contribution in [3.63, 3.8) is 0 Å². The SMILES string of the molecule is O=C(COC[C@@H]1CCCCO1)N1CCC([C@@H]2C[C@H](C(F)(F)F)n3ncnc3N2)CC1. The molecule has 168 valence electrons. The molecule has 3 atom stereocenters. The van der Waals surface area contributed by atoms with Crippen molar-refractivity contribution in [2.45, 2.75) is 62.9 Å². The fraction of sp³-hybridized carbons (Fsp3) is 0.842. The van der Waals surface area contributed by atoms with Crippen molar-refractivity contribution in [3.8, 4) is 0 Å². The lowest BCUT2D eigenvalue weighted by molar-refractivity contribution is -0.174. The number of rotatable bonds is 5. The van der Waals surface area contributed by atoms with Crippen molar-refractivity contribution in [2.75, 3.05) is 38.2 Å². The fourth-order valence-corrected chi connectivity index (χ4v) is 4.59. The number of amides is 1. The Morgan fingerprint density at radius 2 is 2.07 bits per heavy atom. The van der Waals surface area contributed by atoms with Gasteiger partial charge in [-0.25, -0.2) is 4.68 Å². The highest BCUT2D eigenvalue weighted by Gasteiger charge is 2.48. The number of carbonyl (C=O) groups is 1. The summed E-state index contributed by atoms with van der Waals surface area (Å²) in [5.41, 5.74) is 0. The van der Waals surface area contributed by atoms with Crippen molar-refractivity contribution >= 4 is 11.9 Å². The standard InChI is InChI=1S/C19H28F3N5O3/c20-19(21,22)16-9-15(25-18-23-12-24-27(16)18)13-4-6-26(7-5-13)17(28)11-29-10-14-3-1-2-8-30-14/h12-16H,1-11H2,(H,23,24,25)/t14-,15-,16+/m0/s1. The Kier molecular flexibility index (Phi) is 6.47. The van der Waals surface area contributed by atoms with Gasteiger partial charge in [-0.2, -0.15) is 23.3 Å². The van der Waals surface area contributed by atoms with Gasteiger partial charge in [-0.1, -0.05) is 0 Å². The molecule has 8 nitrogen and oxygen atoms in total. The van der Waals surface area contributed by atoms with Gasteiger partial charge in [0.25, 0.3) is 0 Å². The molecule has 1 aromatic rings. The topological polar surface area (TPSA) is 81.5 Å². The Bertz CT molecular complexity index is 715. The molecule has 4 rings (SSSR count). The molecule has 0 saturated carbocycles. The summed E-state index contributed by atoms with van der Waals surface area (Å²) in [7, 11) is 0. The Labute approximate surface area is 173 Å². The third-order valence-corrected chi connectivity index (χ3v) is 6.30. The van der Waals surface area contributed by atoms with Crippen molar-refractivity contribution in [3.05, 3.63) is 6.33 Å². The highest BCUT2D eigenvalue weighted by Crippen LogP contribution is 2.41. The third kappa shape index (κ3) is 4.88. The molecular weight excluding hydrogens is 403 g/mol. The van der Waals surface area contributed by atoms with Gasteiger partial charge >= 0.3 is 6.18 Å². The van der Waals surface area contributed by atoms with E-state index in [0.29, 0.717) is 32.5 Å². The van der Waals surface area contributed by atoms with Crippen LogP contribution in [0.5, 0.6) is 0 Å². The third-order valence-electron chi connectivity index (χ3n) is 6.30. The van der Waals surface area contributed by atoms with Crippen LogP contribution >= 0.6 is 0 Å². The molecule has 2 fully saturated rings. The van der Waals surface area contributed by atoms with Crippen molar-refractivity contribution in [1.82, 2.24) is 19.7 Å². The Balaban J connectivity index is 1.25. The van der Waals surface area contributed by atoms with Gasteiger partial charge in [0, 0.05) is 25.7 Å². The molecule has 11 heteroatoms. The number of hydrogen-bond donors (Lipinski definition) is 1. The van der Waals surface area contributed by atoms with Gasteiger partial charge in [0.05, 0.1) is 12.7 Å². The van der Waals surface area contributed by atoms with Gasteiger partial charge in [0.1, 0.15) is 12.9 Å². The lowest BCUT2D eigenvalue weighted by Crippen LogP contribution is -2.48. The quantitative estimate of drug-likeness (QED) is 0.771. The highest BCUT2D eigenvalue weighted by atomic mass is 19.4. The molecule has 30 heavy (non-hydrogen) atoms. The van der Waals surface area contributed by atoms with Crippen LogP contribution in [-0.4, -0.2) is 76.8 Å². The first-order chi connectivity index (χ1) is 14.4. The predicted octanol–water partition coefficient (Wildman–Crippen LogP) is 2.39. The van der Waals surface area contributed by atoms with E-state index in [1.165, 1.54) is 0 Å². The van der Waals surface area contributed by atoms with Crippen molar-refractivity contribution < 1.29 is 27.4 Å². The van der Waals surface area contributed by atoms with E-state index >= 15 is 0 Å². The molecule has 1 N–H and O–H groups in total. The van der Waals surface area contributed by atoms with Crippen LogP contribution in [0.15, 0.2) is 6.33 Å². The second-order valence-electron chi connectivity index (χ2n) is 8.29. The number of hydrogen-bond acceptors (Lipinski definition) is 6. The lowest BCUT2D eigenvalue weighted by atomic mass is 9.85. The number of ether oxygens (including phenoxy) is 2. The number of carbonyl (C=O) groups excluding carboxylic acids is 1. The number of nitrogens with one attached hydrogen (secondary N) is 1. The number of fused-ring (bicyclic) bond motifs is 1. The molecule has 3 aliphatic heterocycles. The van der Waals surface area contributed by atoms with Crippen LogP contribution in [0, 0.1) is 5.92 Å². The minimum atomic E-state index is -4.38. The largest absolute Gasteiger partial charge is 0.411 e. The number of aromatic nitrogens is 3. The zero-order chi connectivity index (χ0) is 21.1. The summed E-state index contributed by atoms with van der Waals surface area (Å²) < 4.78 is 52.5. The number of anilines is 1. The van der Waals surface area contributed by atoms with Crippen LogP contribution in [0.3, 0.4) is 0 Å². The zero-order valence-corrected chi connectivity index (χ0v) is 16.8. The van der Waals surface area contributed by atoms with E-state index in [1.54, 1.807) is 4.90 Å². The van der Waals surface area contributed by atoms with E-state index in [2.05, 4.69) is 15.4 Å². The van der Waals surface area contributed by atoms with Crippen LogP contribution in [0.25, 0.3) is 0 Å². The maximum atomic E-state index is 13.5. The molecule has 4 heterocycles. The van der Waals surface area contributed by atoms with Crippen LogP contribution in [0.4, 0.5) is 19.1 Å². The molecule has 2 saturated heterocycles. The first kappa shape index (κ1) is 21.4. The number of piperidine rings is 1. The van der Waals surface area contributed by atoms with Gasteiger partial charge in [-0.15, -0.1) is 0 Å². The van der Waals surface area contributed by atoms with E-state index in [4.69, 9.17) is 9.47 Å². The van der Waals surface area contributed by atoms with E-state index in [0.717, 1.165) is 36.9 Å². The average molecular weight is 431 g/mol. The summed E-state index contributed by atoms with van der Waals surface area (Å²) in [5, 5.41) is 6.84. The van der Waals surface area contributed by atoms with E-state index in [9.17, 15) is 18.0 Å². The molecule has 1 amide bonds. The Hall–Kier alpha value is -1.88. The Morgan fingerprint density at radius 3 is 2.77 bits per heavy atom. The lowest BCUT2D eigenvalue weighted by Gasteiger charge is -2.40. The van der Waals surface area contributed by atoms with Gasteiger partial charge in [-0.05, 0) is 44.4 Å².